The largest absolute Gasteiger partial charge is 0.464 e. The minimum atomic E-state index is -0.498. The van der Waals surface area contributed by atoms with Gasteiger partial charge in [0.05, 0.1) is 18.2 Å². The molecule has 1 amide bonds. The van der Waals surface area contributed by atoms with Crippen molar-refractivity contribution in [3.05, 3.63) is 35.4 Å². The number of likely N-dealkylation sites (tertiary alicyclic amines) is 1. The first-order valence-corrected chi connectivity index (χ1v) is 7.15. The van der Waals surface area contributed by atoms with Crippen LogP contribution in [0.3, 0.4) is 0 Å². The van der Waals surface area contributed by atoms with Crippen molar-refractivity contribution in [1.29, 1.82) is 5.26 Å². The highest BCUT2D eigenvalue weighted by atomic mass is 16.5. The van der Waals surface area contributed by atoms with Crippen LogP contribution in [0.15, 0.2) is 24.3 Å². The first-order valence-electron chi connectivity index (χ1n) is 7.15. The summed E-state index contributed by atoms with van der Waals surface area (Å²) < 4.78 is 5.06. The quantitative estimate of drug-likeness (QED) is 0.798. The third-order valence-electron chi connectivity index (χ3n) is 3.58. The molecular weight excluding hydrogens is 268 g/mol. The van der Waals surface area contributed by atoms with E-state index in [-0.39, 0.29) is 11.9 Å². The van der Waals surface area contributed by atoms with Crippen LogP contribution >= 0.6 is 0 Å². The molecule has 110 valence electrons. The van der Waals surface area contributed by atoms with E-state index in [4.69, 9.17) is 10.00 Å². The van der Waals surface area contributed by atoms with Crippen LogP contribution in [0.4, 0.5) is 0 Å². The van der Waals surface area contributed by atoms with E-state index in [2.05, 4.69) is 0 Å². The van der Waals surface area contributed by atoms with Gasteiger partial charge in [-0.3, -0.25) is 4.79 Å². The van der Waals surface area contributed by atoms with Gasteiger partial charge in [-0.1, -0.05) is 0 Å². The zero-order valence-corrected chi connectivity index (χ0v) is 12.0. The molecule has 1 aromatic rings. The molecule has 1 aromatic carbocycles. The average molecular weight is 286 g/mol. The number of amides is 1. The van der Waals surface area contributed by atoms with Crippen LogP contribution in [0, 0.1) is 11.3 Å². The number of ether oxygens (including phenoxy) is 1. The first kappa shape index (κ1) is 15.0. The Kier molecular flexibility index (Phi) is 4.94. The zero-order valence-electron chi connectivity index (χ0n) is 12.0. The molecule has 0 aliphatic carbocycles. The molecule has 0 bridgehead atoms. The Hall–Kier alpha value is -2.35. The van der Waals surface area contributed by atoms with Crippen LogP contribution in [0.25, 0.3) is 0 Å². The number of benzene rings is 1. The summed E-state index contributed by atoms with van der Waals surface area (Å²) in [5.41, 5.74) is 0.998. The molecule has 0 saturated carbocycles. The second-order valence-corrected chi connectivity index (χ2v) is 4.95. The Morgan fingerprint density at radius 2 is 2.05 bits per heavy atom. The van der Waals surface area contributed by atoms with Crippen LogP contribution in [-0.2, 0) is 9.53 Å². The second kappa shape index (κ2) is 6.89. The van der Waals surface area contributed by atoms with Crippen molar-refractivity contribution in [3.63, 3.8) is 0 Å². The molecule has 1 saturated heterocycles. The van der Waals surface area contributed by atoms with Gasteiger partial charge in [0.15, 0.2) is 0 Å². The number of rotatable bonds is 3. The van der Waals surface area contributed by atoms with E-state index in [1.807, 2.05) is 6.07 Å². The predicted octanol–water partition coefficient (Wildman–Crippen LogP) is 2.12. The van der Waals surface area contributed by atoms with Gasteiger partial charge in [-0.05, 0) is 50.5 Å². The molecule has 1 unspecified atom stereocenters. The summed E-state index contributed by atoms with van der Waals surface area (Å²) in [4.78, 5) is 26.1. The molecule has 1 atom stereocenters. The average Bonchev–Trinajstić information content (AvgIpc) is 2.54. The molecule has 0 spiro atoms. The normalized spacial score (nSPS) is 17.9. The van der Waals surface area contributed by atoms with Crippen LogP contribution < -0.4 is 0 Å². The summed E-state index contributed by atoms with van der Waals surface area (Å²) in [6.45, 7) is 2.63. The van der Waals surface area contributed by atoms with Gasteiger partial charge in [-0.15, -0.1) is 0 Å². The maximum Gasteiger partial charge on any atom is 0.328 e. The Morgan fingerprint density at radius 1 is 1.33 bits per heavy atom. The van der Waals surface area contributed by atoms with Gasteiger partial charge in [0, 0.05) is 12.1 Å². The fourth-order valence-electron chi connectivity index (χ4n) is 2.51. The number of carbonyl (C=O) groups is 2. The molecule has 21 heavy (non-hydrogen) atoms. The van der Waals surface area contributed by atoms with Gasteiger partial charge in [-0.2, -0.15) is 5.26 Å². The molecule has 1 aliphatic rings. The SMILES string of the molecule is CCOC(=O)C1CCCCN1C(=O)c1ccc(C#N)cc1. The Bertz CT molecular complexity index is 560. The van der Waals surface area contributed by atoms with Crippen LogP contribution in [-0.4, -0.2) is 36.0 Å². The highest BCUT2D eigenvalue weighted by Gasteiger charge is 2.33. The lowest BCUT2D eigenvalue weighted by atomic mass is 10.0. The van der Waals surface area contributed by atoms with Gasteiger partial charge in [-0.25, -0.2) is 4.79 Å². The maximum atomic E-state index is 12.6. The second-order valence-electron chi connectivity index (χ2n) is 4.95. The van der Waals surface area contributed by atoms with Crippen molar-refractivity contribution in [2.75, 3.05) is 13.2 Å². The molecule has 2 rings (SSSR count). The van der Waals surface area contributed by atoms with Gasteiger partial charge in [0.1, 0.15) is 6.04 Å². The third kappa shape index (κ3) is 3.40. The lowest BCUT2D eigenvalue weighted by Crippen LogP contribution is -2.48. The van der Waals surface area contributed by atoms with Crippen LogP contribution in [0.2, 0.25) is 0 Å². The monoisotopic (exact) mass is 286 g/mol. The van der Waals surface area contributed by atoms with E-state index in [1.54, 1.807) is 36.1 Å². The summed E-state index contributed by atoms with van der Waals surface area (Å²) >= 11 is 0. The predicted molar refractivity (Wildman–Crippen MR) is 76.5 cm³/mol. The van der Waals surface area contributed by atoms with E-state index >= 15 is 0 Å². The molecule has 0 aromatic heterocycles. The summed E-state index contributed by atoms with van der Waals surface area (Å²) in [5.74, 6) is -0.517. The van der Waals surface area contributed by atoms with Crippen molar-refractivity contribution in [2.24, 2.45) is 0 Å². The van der Waals surface area contributed by atoms with Crippen molar-refractivity contribution in [2.45, 2.75) is 32.2 Å². The van der Waals surface area contributed by atoms with Gasteiger partial charge >= 0.3 is 5.97 Å². The van der Waals surface area contributed by atoms with Gasteiger partial charge in [0.2, 0.25) is 0 Å². The molecule has 5 nitrogen and oxygen atoms in total. The van der Waals surface area contributed by atoms with Crippen molar-refractivity contribution < 1.29 is 14.3 Å². The fraction of sp³-hybridized carbons (Fsp3) is 0.438. The van der Waals surface area contributed by atoms with E-state index < -0.39 is 6.04 Å². The minimum Gasteiger partial charge on any atom is -0.464 e. The highest BCUT2D eigenvalue weighted by molar-refractivity contribution is 5.97. The number of nitrogens with zero attached hydrogens (tertiary/aromatic N) is 2. The van der Waals surface area contributed by atoms with E-state index in [9.17, 15) is 9.59 Å². The van der Waals surface area contributed by atoms with Gasteiger partial charge < -0.3 is 9.64 Å². The number of esters is 1. The molecule has 1 aliphatic heterocycles. The van der Waals surface area contributed by atoms with Crippen LogP contribution in [0.5, 0.6) is 0 Å². The Balaban J connectivity index is 2.18. The molecule has 0 N–H and O–H groups in total. The van der Waals surface area contributed by atoms with Crippen molar-refractivity contribution >= 4 is 11.9 Å². The summed E-state index contributed by atoms with van der Waals surface area (Å²) in [6.07, 6.45) is 2.44. The number of hydrogen-bond donors (Lipinski definition) is 0. The molecule has 1 fully saturated rings. The fourth-order valence-corrected chi connectivity index (χ4v) is 2.51. The summed E-state index contributed by atoms with van der Waals surface area (Å²) in [6, 6.07) is 7.98. The molecular formula is C16H18N2O3. The topological polar surface area (TPSA) is 70.4 Å². The Morgan fingerprint density at radius 3 is 2.67 bits per heavy atom. The minimum absolute atomic E-state index is 0.183. The standard InChI is InChI=1S/C16H18N2O3/c1-2-21-16(20)14-5-3-4-10-18(14)15(19)13-8-6-12(11-17)7-9-13/h6-9,14H,2-5,10H2,1H3. The van der Waals surface area contributed by atoms with Gasteiger partial charge in [0.25, 0.3) is 5.91 Å². The Labute approximate surface area is 124 Å². The number of hydrogen-bond acceptors (Lipinski definition) is 4. The lowest BCUT2D eigenvalue weighted by Gasteiger charge is -2.34. The third-order valence-corrected chi connectivity index (χ3v) is 3.58. The molecule has 1 heterocycles. The number of piperidine rings is 1. The lowest BCUT2D eigenvalue weighted by molar-refractivity contribution is -0.149. The van der Waals surface area contributed by atoms with E-state index in [0.717, 1.165) is 12.8 Å². The zero-order chi connectivity index (χ0) is 15.2. The molecule has 0 radical (unpaired) electrons. The van der Waals surface area contributed by atoms with E-state index in [0.29, 0.717) is 30.7 Å². The highest BCUT2D eigenvalue weighted by Crippen LogP contribution is 2.21. The van der Waals surface area contributed by atoms with Crippen molar-refractivity contribution in [3.8, 4) is 6.07 Å². The van der Waals surface area contributed by atoms with E-state index in [1.165, 1.54) is 0 Å². The van der Waals surface area contributed by atoms with Crippen molar-refractivity contribution in [1.82, 2.24) is 4.90 Å². The molecule has 5 heteroatoms. The van der Waals surface area contributed by atoms with Crippen LogP contribution in [0.1, 0.15) is 42.1 Å². The summed E-state index contributed by atoms with van der Waals surface area (Å²) in [5, 5.41) is 8.78. The maximum absolute atomic E-state index is 12.6. The smallest absolute Gasteiger partial charge is 0.328 e. The summed E-state index contributed by atoms with van der Waals surface area (Å²) in [7, 11) is 0. The number of nitriles is 1. The first-order chi connectivity index (χ1) is 10.2. The number of carbonyl (C=O) groups excluding carboxylic acids is 2.